The van der Waals surface area contributed by atoms with E-state index in [0.717, 1.165) is 0 Å². The fourth-order valence-electron chi connectivity index (χ4n) is 1.99. The molecule has 0 amide bonds. The third-order valence-electron chi connectivity index (χ3n) is 3.16. The Balaban J connectivity index is 1.52. The largest absolute Gasteiger partial charge is 0.480 e. The van der Waals surface area contributed by atoms with Crippen LogP contribution in [0.15, 0.2) is 66.9 Å². The molecule has 0 saturated heterocycles. The molecule has 7 heteroatoms. The molecule has 0 aliphatic rings. The van der Waals surface area contributed by atoms with Crippen LogP contribution < -0.4 is 14.2 Å². The molecule has 0 aliphatic carbocycles. The number of carbonyl (C=O) groups is 1. The summed E-state index contributed by atoms with van der Waals surface area (Å²) in [6.45, 7) is -0.284. The van der Waals surface area contributed by atoms with E-state index in [1.807, 2.05) is 6.07 Å². The third kappa shape index (κ3) is 5.12. The third-order valence-corrected chi connectivity index (χ3v) is 3.69. The molecule has 0 spiro atoms. The molecule has 0 radical (unpaired) electrons. The molecule has 0 atom stereocenters. The van der Waals surface area contributed by atoms with E-state index in [0.29, 0.717) is 33.2 Å². The zero-order valence-corrected chi connectivity index (χ0v) is 14.9. The SMILES string of the molecule is O=C(COc1ccc(Cl)cc1Cl)Oc1ccc(Oc2ccccn2)cc1. The van der Waals surface area contributed by atoms with Gasteiger partial charge in [0.15, 0.2) is 6.61 Å². The van der Waals surface area contributed by atoms with Crippen LogP contribution in [0.5, 0.6) is 23.1 Å². The van der Waals surface area contributed by atoms with E-state index in [1.165, 1.54) is 6.07 Å². The fraction of sp³-hybridized carbons (Fsp3) is 0.0526. The zero-order valence-electron chi connectivity index (χ0n) is 13.4. The highest BCUT2D eigenvalue weighted by molar-refractivity contribution is 6.35. The van der Waals surface area contributed by atoms with Gasteiger partial charge in [-0.15, -0.1) is 0 Å². The molecule has 0 aliphatic heterocycles. The molecule has 1 heterocycles. The molecule has 5 nitrogen and oxygen atoms in total. The highest BCUT2D eigenvalue weighted by Crippen LogP contribution is 2.27. The molecule has 1 aromatic heterocycles. The first-order chi connectivity index (χ1) is 12.6. The average molecular weight is 390 g/mol. The number of pyridine rings is 1. The summed E-state index contributed by atoms with van der Waals surface area (Å²) in [7, 11) is 0. The van der Waals surface area contributed by atoms with Gasteiger partial charge in [0, 0.05) is 17.3 Å². The van der Waals surface area contributed by atoms with Gasteiger partial charge in [0.05, 0.1) is 5.02 Å². The predicted molar refractivity (Wildman–Crippen MR) is 98.3 cm³/mol. The van der Waals surface area contributed by atoms with E-state index < -0.39 is 5.97 Å². The van der Waals surface area contributed by atoms with Crippen LogP contribution in [0.2, 0.25) is 10.0 Å². The first kappa shape index (κ1) is 18.0. The van der Waals surface area contributed by atoms with Crippen molar-refractivity contribution in [2.24, 2.45) is 0 Å². The summed E-state index contributed by atoms with van der Waals surface area (Å²) in [5.41, 5.74) is 0. The van der Waals surface area contributed by atoms with Crippen molar-refractivity contribution in [1.82, 2.24) is 4.98 Å². The Labute approximate surface area is 160 Å². The lowest BCUT2D eigenvalue weighted by molar-refractivity contribution is -0.136. The second-order valence-electron chi connectivity index (χ2n) is 5.08. The quantitative estimate of drug-likeness (QED) is 0.430. The number of nitrogens with zero attached hydrogens (tertiary/aromatic N) is 1. The monoisotopic (exact) mass is 389 g/mol. The maximum Gasteiger partial charge on any atom is 0.349 e. The summed E-state index contributed by atoms with van der Waals surface area (Å²) in [6, 6.07) is 16.7. The molecule has 0 bridgehead atoms. The Hall–Kier alpha value is -2.76. The molecule has 2 aromatic carbocycles. The van der Waals surface area contributed by atoms with Crippen molar-refractivity contribution in [2.45, 2.75) is 0 Å². The van der Waals surface area contributed by atoms with E-state index in [1.54, 1.807) is 54.7 Å². The lowest BCUT2D eigenvalue weighted by Gasteiger charge is -2.09. The predicted octanol–water partition coefficient (Wildman–Crippen LogP) is 5.17. The average Bonchev–Trinajstić information content (AvgIpc) is 2.63. The molecule has 3 aromatic rings. The number of carbonyl (C=O) groups excluding carboxylic acids is 1. The van der Waals surface area contributed by atoms with Gasteiger partial charge in [-0.05, 0) is 48.5 Å². The van der Waals surface area contributed by atoms with Crippen LogP contribution in [0.4, 0.5) is 0 Å². The zero-order chi connectivity index (χ0) is 18.4. The Morgan fingerprint density at radius 3 is 2.42 bits per heavy atom. The normalized spacial score (nSPS) is 10.2. The molecule has 3 rings (SSSR count). The topological polar surface area (TPSA) is 57.7 Å². The summed E-state index contributed by atoms with van der Waals surface area (Å²) >= 11 is 11.8. The molecule has 26 heavy (non-hydrogen) atoms. The number of aromatic nitrogens is 1. The summed E-state index contributed by atoms with van der Waals surface area (Å²) in [5, 5.41) is 0.805. The first-order valence-electron chi connectivity index (χ1n) is 7.57. The van der Waals surface area contributed by atoms with Crippen molar-refractivity contribution in [1.29, 1.82) is 0 Å². The van der Waals surface area contributed by atoms with E-state index >= 15 is 0 Å². The van der Waals surface area contributed by atoms with Crippen molar-refractivity contribution < 1.29 is 19.0 Å². The van der Waals surface area contributed by atoms with Crippen molar-refractivity contribution in [3.63, 3.8) is 0 Å². The van der Waals surface area contributed by atoms with Crippen LogP contribution in [0.25, 0.3) is 0 Å². The number of ether oxygens (including phenoxy) is 3. The van der Waals surface area contributed by atoms with Gasteiger partial charge in [-0.2, -0.15) is 0 Å². The minimum Gasteiger partial charge on any atom is -0.480 e. The van der Waals surface area contributed by atoms with Crippen LogP contribution >= 0.6 is 23.2 Å². The van der Waals surface area contributed by atoms with Gasteiger partial charge in [-0.25, -0.2) is 9.78 Å². The maximum absolute atomic E-state index is 11.9. The van der Waals surface area contributed by atoms with E-state index in [2.05, 4.69) is 4.98 Å². The number of hydrogen-bond acceptors (Lipinski definition) is 5. The Morgan fingerprint density at radius 2 is 1.73 bits per heavy atom. The van der Waals surface area contributed by atoms with Crippen LogP contribution in [-0.2, 0) is 4.79 Å². The summed E-state index contributed by atoms with van der Waals surface area (Å²) in [5.74, 6) is 1.22. The van der Waals surface area contributed by atoms with E-state index in [-0.39, 0.29) is 6.61 Å². The molecule has 0 N–H and O–H groups in total. The Morgan fingerprint density at radius 1 is 0.962 bits per heavy atom. The Kier molecular flexibility index (Phi) is 5.94. The molecule has 0 saturated carbocycles. The summed E-state index contributed by atoms with van der Waals surface area (Å²) in [4.78, 5) is 15.9. The molecule has 0 unspecified atom stereocenters. The van der Waals surface area contributed by atoms with E-state index in [9.17, 15) is 4.79 Å². The van der Waals surface area contributed by atoms with Gasteiger partial charge in [0.1, 0.15) is 17.2 Å². The molecular weight excluding hydrogens is 377 g/mol. The number of rotatable bonds is 6. The lowest BCUT2D eigenvalue weighted by atomic mass is 10.3. The summed E-state index contributed by atoms with van der Waals surface area (Å²) in [6.07, 6.45) is 1.64. The van der Waals surface area contributed by atoms with Crippen molar-refractivity contribution >= 4 is 29.2 Å². The lowest BCUT2D eigenvalue weighted by Crippen LogP contribution is -2.17. The maximum atomic E-state index is 11.9. The number of esters is 1. The second kappa shape index (κ2) is 8.56. The van der Waals surface area contributed by atoms with Gasteiger partial charge in [-0.3, -0.25) is 0 Å². The van der Waals surface area contributed by atoms with Crippen LogP contribution in [0.1, 0.15) is 0 Å². The molecule has 132 valence electrons. The Bertz CT molecular complexity index is 886. The van der Waals surface area contributed by atoms with Gasteiger partial charge in [0.2, 0.25) is 5.88 Å². The van der Waals surface area contributed by atoms with Gasteiger partial charge < -0.3 is 14.2 Å². The van der Waals surface area contributed by atoms with E-state index in [4.69, 9.17) is 37.4 Å². The minimum absolute atomic E-state index is 0.284. The smallest absolute Gasteiger partial charge is 0.349 e. The van der Waals surface area contributed by atoms with Crippen molar-refractivity contribution in [3.05, 3.63) is 76.9 Å². The highest BCUT2D eigenvalue weighted by Gasteiger charge is 2.09. The van der Waals surface area contributed by atoms with Crippen molar-refractivity contribution in [2.75, 3.05) is 6.61 Å². The molecule has 0 fully saturated rings. The van der Waals surface area contributed by atoms with Gasteiger partial charge in [-0.1, -0.05) is 29.3 Å². The highest BCUT2D eigenvalue weighted by atomic mass is 35.5. The van der Waals surface area contributed by atoms with Crippen LogP contribution in [0.3, 0.4) is 0 Å². The molecular formula is C19H13Cl2NO4. The van der Waals surface area contributed by atoms with Gasteiger partial charge in [0.25, 0.3) is 0 Å². The second-order valence-corrected chi connectivity index (χ2v) is 5.92. The first-order valence-corrected chi connectivity index (χ1v) is 8.33. The number of benzene rings is 2. The standard InChI is InChI=1S/C19H13Cl2NO4/c20-13-4-9-17(16(21)11-13)24-12-19(23)26-15-7-5-14(6-8-15)25-18-3-1-2-10-22-18/h1-11H,12H2. The van der Waals surface area contributed by atoms with Crippen LogP contribution in [0, 0.1) is 0 Å². The van der Waals surface area contributed by atoms with Crippen LogP contribution in [-0.4, -0.2) is 17.6 Å². The number of hydrogen-bond donors (Lipinski definition) is 0. The minimum atomic E-state index is -0.561. The summed E-state index contributed by atoms with van der Waals surface area (Å²) < 4.78 is 16.1. The van der Waals surface area contributed by atoms with Gasteiger partial charge >= 0.3 is 5.97 Å². The fourth-order valence-corrected chi connectivity index (χ4v) is 2.46. The van der Waals surface area contributed by atoms with Crippen molar-refractivity contribution in [3.8, 4) is 23.1 Å². The number of halogens is 2.